The number of amides is 1. The number of aliphatic hydroxyl groups is 1. The number of nitrogens with zero attached hydrogens (tertiary/aromatic N) is 1. The standard InChI is InChI=1S/C35H43ClN2O5S/c1-4-15-35(40)17-5-7-23(2)24(3)44(41,42)37-33(39)26-10-14-32-31(19-26)38(20-27-9-12-30(27)35)21-34(22-43-32)16-6-8-25-18-28(36)11-13-29(25)34/h4-5,10-11,13-14,17-19,23-24,27,30,40H,1,6-9,12,15-16,20-22H2,2-3H3,(H,37,39)/b17-5+/t23-,24+,27-,30+,34-,35+/m0/s1. The number of ether oxygens (including phenoxy) is 1. The Morgan fingerprint density at radius 2 is 2.02 bits per heavy atom. The van der Waals surface area contributed by atoms with Crippen LogP contribution in [0.2, 0.25) is 5.02 Å². The number of hydrogen-bond donors (Lipinski definition) is 2. The largest absolute Gasteiger partial charge is 0.490 e. The van der Waals surface area contributed by atoms with Crippen LogP contribution in [0.1, 0.15) is 73.9 Å². The first-order valence-electron chi connectivity index (χ1n) is 15.8. The van der Waals surface area contributed by atoms with E-state index >= 15 is 0 Å². The molecule has 2 heterocycles. The third-order valence-corrected chi connectivity index (χ3v) is 12.9. The minimum atomic E-state index is -3.95. The number of carbonyl (C=O) groups excluding carboxylic acids is 1. The van der Waals surface area contributed by atoms with Crippen LogP contribution in [0.15, 0.2) is 61.2 Å². The van der Waals surface area contributed by atoms with Gasteiger partial charge in [-0.15, -0.1) is 6.58 Å². The maximum atomic E-state index is 13.4. The number of carbonyl (C=O) groups is 1. The molecule has 7 nitrogen and oxygen atoms in total. The molecule has 236 valence electrons. The summed E-state index contributed by atoms with van der Waals surface area (Å²) in [5.41, 5.74) is 2.18. The maximum absolute atomic E-state index is 13.4. The number of hydrogen-bond acceptors (Lipinski definition) is 6. The van der Waals surface area contributed by atoms with Crippen LogP contribution in [0, 0.1) is 17.8 Å². The van der Waals surface area contributed by atoms with Gasteiger partial charge in [0.05, 0.1) is 23.1 Å². The van der Waals surface area contributed by atoms with Crippen molar-refractivity contribution in [1.29, 1.82) is 0 Å². The second-order valence-electron chi connectivity index (χ2n) is 13.5. The summed E-state index contributed by atoms with van der Waals surface area (Å²) < 4.78 is 35.4. The van der Waals surface area contributed by atoms with Gasteiger partial charge in [-0.2, -0.15) is 0 Å². The maximum Gasteiger partial charge on any atom is 0.264 e. The van der Waals surface area contributed by atoms with Gasteiger partial charge in [-0.1, -0.05) is 42.8 Å². The molecule has 1 amide bonds. The molecule has 2 aliphatic carbocycles. The lowest BCUT2D eigenvalue weighted by Gasteiger charge is -2.49. The van der Waals surface area contributed by atoms with Gasteiger partial charge in [0, 0.05) is 29.1 Å². The molecule has 44 heavy (non-hydrogen) atoms. The molecule has 1 fully saturated rings. The van der Waals surface area contributed by atoms with Crippen molar-refractivity contribution in [3.05, 3.63) is 82.9 Å². The summed E-state index contributed by atoms with van der Waals surface area (Å²) in [4.78, 5) is 15.7. The summed E-state index contributed by atoms with van der Waals surface area (Å²) in [5.74, 6) is -0.0119. The Bertz CT molecular complexity index is 1590. The van der Waals surface area contributed by atoms with Crippen molar-refractivity contribution in [3.63, 3.8) is 0 Å². The lowest BCUT2D eigenvalue weighted by molar-refractivity contribution is -0.0428. The van der Waals surface area contributed by atoms with Gasteiger partial charge in [0.15, 0.2) is 0 Å². The summed E-state index contributed by atoms with van der Waals surface area (Å²) in [6.45, 7) is 9.24. The van der Waals surface area contributed by atoms with E-state index in [1.165, 1.54) is 11.1 Å². The van der Waals surface area contributed by atoms with Crippen LogP contribution < -0.4 is 14.4 Å². The SMILES string of the molecule is C=CC[C@@]1(O)/C=C/C[C@H](C)[C@@H](C)S(=O)(=O)NC(=O)c2ccc3c(c2)N(C[C@@H]2CC[C@H]21)C[C@@]1(CCCc2cc(Cl)ccc21)CO3. The first-order valence-corrected chi connectivity index (χ1v) is 17.7. The molecule has 2 N–H and O–H groups in total. The summed E-state index contributed by atoms with van der Waals surface area (Å²) in [6, 6.07) is 11.4. The second-order valence-corrected chi connectivity index (χ2v) is 16.0. The predicted molar refractivity (Wildman–Crippen MR) is 175 cm³/mol. The summed E-state index contributed by atoms with van der Waals surface area (Å²) in [5, 5.41) is 11.9. The second kappa shape index (κ2) is 11.8. The number of fused-ring (bicyclic) bond motifs is 4. The summed E-state index contributed by atoms with van der Waals surface area (Å²) in [6.07, 6.45) is 11.2. The normalized spacial score (nSPS) is 33.9. The molecule has 1 saturated carbocycles. The zero-order chi connectivity index (χ0) is 31.3. The zero-order valence-electron chi connectivity index (χ0n) is 25.6. The Morgan fingerprint density at radius 1 is 1.20 bits per heavy atom. The molecule has 1 spiro atoms. The Labute approximate surface area is 266 Å². The average molecular weight is 639 g/mol. The molecule has 2 aromatic rings. The van der Waals surface area contributed by atoms with Crippen LogP contribution in [-0.4, -0.2) is 50.0 Å². The van der Waals surface area contributed by atoms with E-state index in [9.17, 15) is 18.3 Å². The predicted octanol–water partition coefficient (Wildman–Crippen LogP) is 6.19. The van der Waals surface area contributed by atoms with Crippen molar-refractivity contribution < 1.29 is 23.1 Å². The highest BCUT2D eigenvalue weighted by atomic mass is 35.5. The van der Waals surface area contributed by atoms with Crippen molar-refractivity contribution in [1.82, 2.24) is 4.72 Å². The van der Waals surface area contributed by atoms with E-state index in [-0.39, 0.29) is 28.7 Å². The van der Waals surface area contributed by atoms with E-state index in [2.05, 4.69) is 28.3 Å². The van der Waals surface area contributed by atoms with Crippen molar-refractivity contribution in [2.45, 2.75) is 75.1 Å². The topological polar surface area (TPSA) is 95.9 Å². The van der Waals surface area contributed by atoms with Crippen LogP contribution in [0.5, 0.6) is 5.75 Å². The Kier molecular flexibility index (Phi) is 8.39. The van der Waals surface area contributed by atoms with Crippen LogP contribution in [-0.2, 0) is 21.9 Å². The van der Waals surface area contributed by atoms with E-state index < -0.39 is 26.8 Å². The molecule has 0 aromatic heterocycles. The van der Waals surface area contributed by atoms with Gasteiger partial charge in [0.1, 0.15) is 5.75 Å². The van der Waals surface area contributed by atoms with Crippen molar-refractivity contribution in [3.8, 4) is 5.75 Å². The van der Waals surface area contributed by atoms with Gasteiger partial charge >= 0.3 is 0 Å². The summed E-state index contributed by atoms with van der Waals surface area (Å²) >= 11 is 6.41. The Balaban J connectivity index is 1.45. The van der Waals surface area contributed by atoms with Crippen molar-refractivity contribution >= 4 is 33.2 Å². The van der Waals surface area contributed by atoms with Gasteiger partial charge in [0.25, 0.3) is 5.91 Å². The van der Waals surface area contributed by atoms with Crippen molar-refractivity contribution in [2.24, 2.45) is 17.8 Å². The van der Waals surface area contributed by atoms with E-state index in [1.54, 1.807) is 31.2 Å². The lowest BCUT2D eigenvalue weighted by Crippen LogP contribution is -2.52. The fraction of sp³-hybridized carbons (Fsp3) is 0.514. The molecular formula is C35H43ClN2O5S. The monoisotopic (exact) mass is 638 g/mol. The average Bonchev–Trinajstić information content (AvgIpc) is 3.11. The molecule has 0 saturated heterocycles. The molecule has 0 radical (unpaired) electrons. The van der Waals surface area contributed by atoms with Crippen LogP contribution in [0.25, 0.3) is 0 Å². The number of aryl methyl sites for hydroxylation is 1. The van der Waals surface area contributed by atoms with E-state index in [0.717, 1.165) is 42.8 Å². The molecule has 4 aliphatic rings. The summed E-state index contributed by atoms with van der Waals surface area (Å²) in [7, 11) is -3.95. The smallest absolute Gasteiger partial charge is 0.264 e. The highest BCUT2D eigenvalue weighted by molar-refractivity contribution is 7.90. The van der Waals surface area contributed by atoms with E-state index in [1.807, 2.05) is 25.1 Å². The van der Waals surface area contributed by atoms with Crippen LogP contribution >= 0.6 is 11.6 Å². The van der Waals surface area contributed by atoms with Gasteiger partial charge in [-0.25, -0.2) is 13.1 Å². The molecule has 9 heteroatoms. The van der Waals surface area contributed by atoms with Gasteiger partial charge in [0.2, 0.25) is 10.0 Å². The van der Waals surface area contributed by atoms with E-state index in [0.29, 0.717) is 38.3 Å². The zero-order valence-corrected chi connectivity index (χ0v) is 27.2. The number of nitrogens with one attached hydrogen (secondary N) is 1. The van der Waals surface area contributed by atoms with Crippen LogP contribution in [0.3, 0.4) is 0 Å². The number of benzene rings is 2. The molecule has 6 atom stereocenters. The van der Waals surface area contributed by atoms with Gasteiger partial charge < -0.3 is 14.7 Å². The number of anilines is 1. The van der Waals surface area contributed by atoms with Crippen LogP contribution in [0.4, 0.5) is 5.69 Å². The quantitative estimate of drug-likeness (QED) is 0.381. The van der Waals surface area contributed by atoms with Gasteiger partial charge in [-0.05, 0) is 111 Å². The number of rotatable bonds is 2. The lowest BCUT2D eigenvalue weighted by atomic mass is 9.63. The molecular weight excluding hydrogens is 596 g/mol. The third kappa shape index (κ3) is 5.69. The molecule has 2 aromatic carbocycles. The van der Waals surface area contributed by atoms with Gasteiger partial charge in [-0.3, -0.25) is 4.79 Å². The molecule has 2 aliphatic heterocycles. The first kappa shape index (κ1) is 31.2. The number of halogens is 1. The third-order valence-electron chi connectivity index (χ3n) is 10.7. The molecule has 0 unspecified atom stereocenters. The van der Waals surface area contributed by atoms with E-state index in [4.69, 9.17) is 16.3 Å². The van der Waals surface area contributed by atoms with Crippen molar-refractivity contribution in [2.75, 3.05) is 24.6 Å². The molecule has 2 bridgehead atoms. The highest BCUT2D eigenvalue weighted by Crippen LogP contribution is 2.49. The Hall–Kier alpha value is -2.81. The first-order chi connectivity index (χ1) is 20.9. The minimum Gasteiger partial charge on any atom is -0.490 e. The minimum absolute atomic E-state index is 0.0219. The highest BCUT2D eigenvalue weighted by Gasteiger charge is 2.47. The number of sulfonamides is 1. The Morgan fingerprint density at radius 3 is 2.77 bits per heavy atom. The fourth-order valence-electron chi connectivity index (χ4n) is 7.82. The molecule has 6 rings (SSSR count). The fourth-order valence-corrected chi connectivity index (χ4v) is 9.30. The number of allylic oxidation sites excluding steroid dienone is 1.